The van der Waals surface area contributed by atoms with Crippen LogP contribution in [0.2, 0.25) is 0 Å². The molecule has 4 aromatic carbocycles. The van der Waals surface area contributed by atoms with Crippen LogP contribution in [0.4, 0.5) is 0 Å². The van der Waals surface area contributed by atoms with Crippen LogP contribution in [0.5, 0.6) is 0 Å². The van der Waals surface area contributed by atoms with E-state index >= 15 is 0 Å². The number of aliphatic carboxylic acids is 2. The van der Waals surface area contributed by atoms with Gasteiger partial charge in [-0.15, -0.1) is 22.7 Å². The van der Waals surface area contributed by atoms with E-state index in [1.165, 1.54) is 22.7 Å². The van der Waals surface area contributed by atoms with Crippen LogP contribution in [0.3, 0.4) is 0 Å². The first-order valence-corrected chi connectivity index (χ1v) is 14.0. The summed E-state index contributed by atoms with van der Waals surface area (Å²) in [6.45, 7) is 0. The molecule has 7 rings (SSSR count). The molecule has 0 spiro atoms. The maximum atomic E-state index is 13.5. The first-order valence-electron chi connectivity index (χ1n) is 12.4. The number of nitrogens with zero attached hydrogens (tertiary/aromatic N) is 2. The second-order valence-corrected chi connectivity index (χ2v) is 11.7. The van der Waals surface area contributed by atoms with Crippen molar-refractivity contribution >= 4 is 55.0 Å². The highest BCUT2D eigenvalue weighted by Gasteiger charge is 2.61. The van der Waals surface area contributed by atoms with E-state index < -0.39 is 29.2 Å². The fraction of sp³-hybridized carbons (Fsp3) is 0.0968. The van der Waals surface area contributed by atoms with Crippen LogP contribution in [-0.4, -0.2) is 32.1 Å². The lowest BCUT2D eigenvalue weighted by Gasteiger charge is -2.40. The highest BCUT2D eigenvalue weighted by atomic mass is 32.1. The molecule has 0 saturated carbocycles. The molecule has 0 aliphatic heterocycles. The zero-order chi connectivity index (χ0) is 26.7. The number of carboxylic acid groups (broad SMARTS) is 2. The third-order valence-corrected chi connectivity index (χ3v) is 9.76. The number of carboxylic acids is 2. The van der Waals surface area contributed by atoms with Crippen LogP contribution < -0.4 is 0 Å². The van der Waals surface area contributed by atoms with Gasteiger partial charge in [-0.05, 0) is 46.5 Å². The minimum Gasteiger partial charge on any atom is -0.481 e. The smallest absolute Gasteiger partial charge is 0.314 e. The van der Waals surface area contributed by atoms with Crippen LogP contribution in [0.25, 0.3) is 31.6 Å². The van der Waals surface area contributed by atoms with Crippen molar-refractivity contribution in [3.8, 4) is 11.1 Å². The number of fused-ring (bicyclic) bond motifs is 5. The zero-order valence-corrected chi connectivity index (χ0v) is 21.9. The molecule has 39 heavy (non-hydrogen) atoms. The molecule has 2 unspecified atom stereocenters. The Kier molecular flexibility index (Phi) is 5.36. The van der Waals surface area contributed by atoms with Crippen molar-refractivity contribution in [3.05, 3.63) is 118 Å². The number of thiazole rings is 2. The van der Waals surface area contributed by atoms with Crippen LogP contribution in [0, 0.1) is 0 Å². The van der Waals surface area contributed by atoms with Crippen molar-refractivity contribution in [1.82, 2.24) is 9.97 Å². The topological polar surface area (TPSA) is 100 Å². The highest BCUT2D eigenvalue weighted by molar-refractivity contribution is 7.19. The summed E-state index contributed by atoms with van der Waals surface area (Å²) in [5, 5.41) is 22.7. The Labute approximate surface area is 230 Å². The lowest BCUT2D eigenvalue weighted by Crippen LogP contribution is -2.46. The molecular weight excluding hydrogens is 528 g/mol. The van der Waals surface area contributed by atoms with Crippen molar-refractivity contribution in [2.75, 3.05) is 0 Å². The number of para-hydroxylation sites is 2. The van der Waals surface area contributed by atoms with Crippen molar-refractivity contribution in [2.24, 2.45) is 0 Å². The van der Waals surface area contributed by atoms with Gasteiger partial charge in [-0.3, -0.25) is 9.59 Å². The normalized spacial score (nSPS) is 15.1. The van der Waals surface area contributed by atoms with Gasteiger partial charge in [0.1, 0.15) is 21.9 Å². The summed E-state index contributed by atoms with van der Waals surface area (Å²) < 4.78 is 1.70. The van der Waals surface area contributed by atoms with Gasteiger partial charge in [0, 0.05) is 0 Å². The minimum atomic E-state index is -1.51. The monoisotopic (exact) mass is 548 g/mol. The van der Waals surface area contributed by atoms with Gasteiger partial charge in [-0.2, -0.15) is 0 Å². The van der Waals surface area contributed by atoms with Gasteiger partial charge in [-0.25, -0.2) is 9.97 Å². The number of carbonyl (C=O) groups is 2. The lowest BCUT2D eigenvalue weighted by molar-refractivity contribution is -0.144. The van der Waals surface area contributed by atoms with Crippen molar-refractivity contribution in [2.45, 2.75) is 17.3 Å². The number of aromatic nitrogens is 2. The van der Waals surface area contributed by atoms with E-state index in [-0.39, 0.29) is 0 Å². The molecule has 0 saturated heterocycles. The highest BCUT2D eigenvalue weighted by Crippen LogP contribution is 2.62. The Morgan fingerprint density at radius 2 is 0.974 bits per heavy atom. The molecule has 2 heterocycles. The predicted molar refractivity (Wildman–Crippen MR) is 153 cm³/mol. The van der Waals surface area contributed by atoms with E-state index in [4.69, 9.17) is 9.97 Å². The van der Waals surface area contributed by atoms with E-state index in [1.54, 1.807) is 0 Å². The molecule has 0 amide bonds. The first kappa shape index (κ1) is 23.7. The SMILES string of the molecule is O=C(O)C(c1nc2ccccc2s1)C1(C(C(=O)O)c2nc3ccccc3s2)c2ccccc2-c2ccccc21. The number of benzene rings is 4. The quantitative estimate of drug-likeness (QED) is 0.235. The first-order chi connectivity index (χ1) is 19.0. The van der Waals surface area contributed by atoms with Gasteiger partial charge in [0.05, 0.1) is 25.8 Å². The minimum absolute atomic E-state index is 0.363. The van der Waals surface area contributed by atoms with E-state index in [0.717, 1.165) is 20.5 Å². The largest absolute Gasteiger partial charge is 0.481 e. The average Bonchev–Trinajstić information content (AvgIpc) is 3.62. The Hall–Kier alpha value is -4.40. The third kappa shape index (κ3) is 3.38. The predicted octanol–water partition coefficient (Wildman–Crippen LogP) is 6.91. The molecule has 8 heteroatoms. The van der Waals surface area contributed by atoms with Crippen LogP contribution in [0.1, 0.15) is 33.0 Å². The van der Waals surface area contributed by atoms with Crippen molar-refractivity contribution < 1.29 is 19.8 Å². The fourth-order valence-corrected chi connectivity index (χ4v) is 8.39. The summed E-state index contributed by atoms with van der Waals surface area (Å²) in [7, 11) is 0. The summed E-state index contributed by atoms with van der Waals surface area (Å²) in [5.41, 5.74) is 2.83. The summed E-state index contributed by atoms with van der Waals surface area (Å²) in [4.78, 5) is 36.5. The van der Waals surface area contributed by atoms with Gasteiger partial charge in [0.2, 0.25) is 0 Å². The number of rotatable bonds is 6. The van der Waals surface area contributed by atoms with Crippen LogP contribution >= 0.6 is 22.7 Å². The van der Waals surface area contributed by atoms with E-state index in [9.17, 15) is 19.8 Å². The van der Waals surface area contributed by atoms with Gasteiger partial charge < -0.3 is 10.2 Å². The second kappa shape index (κ2) is 8.83. The molecule has 2 aromatic heterocycles. The van der Waals surface area contributed by atoms with Gasteiger partial charge >= 0.3 is 11.9 Å². The van der Waals surface area contributed by atoms with Gasteiger partial charge in [0.25, 0.3) is 0 Å². The Balaban J connectivity index is 1.62. The van der Waals surface area contributed by atoms with Crippen LogP contribution in [0.15, 0.2) is 97.1 Å². The average molecular weight is 549 g/mol. The molecule has 2 N–H and O–H groups in total. The third-order valence-electron chi connectivity index (χ3n) is 7.55. The van der Waals surface area contributed by atoms with Crippen molar-refractivity contribution in [1.29, 1.82) is 0 Å². The molecular formula is C31H20N2O4S2. The molecule has 6 nitrogen and oxygen atoms in total. The summed E-state index contributed by atoms with van der Waals surface area (Å²) in [6, 6.07) is 30.1. The maximum absolute atomic E-state index is 13.5. The Morgan fingerprint density at radius 3 is 1.38 bits per heavy atom. The second-order valence-electron chi connectivity index (χ2n) is 9.54. The summed E-state index contributed by atoms with van der Waals surface area (Å²) in [6.07, 6.45) is 0. The standard InChI is InChI=1S/C31H20N2O4S2/c34-29(35)25(27-32-21-13-5-7-15-23(21)38-27)31(19-11-3-1-9-17(19)18-10-2-4-12-20(18)31)26(30(36)37)28-33-22-14-6-8-16-24(22)39-28/h1-16,25-26H,(H,34,35)(H,36,37). The van der Waals surface area contributed by atoms with Crippen molar-refractivity contribution in [3.63, 3.8) is 0 Å². The molecule has 190 valence electrons. The van der Waals surface area contributed by atoms with E-state index in [2.05, 4.69) is 0 Å². The van der Waals surface area contributed by atoms with E-state index in [1.807, 2.05) is 97.1 Å². The number of hydrogen-bond acceptors (Lipinski definition) is 6. The van der Waals surface area contributed by atoms with Gasteiger partial charge in [0.15, 0.2) is 0 Å². The Bertz CT molecular complexity index is 1720. The zero-order valence-electron chi connectivity index (χ0n) is 20.3. The Morgan fingerprint density at radius 1 is 0.590 bits per heavy atom. The molecule has 1 aliphatic carbocycles. The molecule has 6 aromatic rings. The molecule has 1 aliphatic rings. The molecule has 2 atom stereocenters. The number of hydrogen-bond donors (Lipinski definition) is 2. The molecule has 0 bridgehead atoms. The summed E-state index contributed by atoms with van der Waals surface area (Å²) in [5.74, 6) is -4.83. The fourth-order valence-electron chi connectivity index (χ4n) is 6.11. The lowest BCUT2D eigenvalue weighted by atomic mass is 9.60. The summed E-state index contributed by atoms with van der Waals surface area (Å²) >= 11 is 2.59. The van der Waals surface area contributed by atoms with Gasteiger partial charge in [-0.1, -0.05) is 72.8 Å². The molecule has 0 radical (unpaired) electrons. The van der Waals surface area contributed by atoms with E-state index in [0.29, 0.717) is 32.2 Å². The van der Waals surface area contributed by atoms with Crippen LogP contribution in [-0.2, 0) is 15.0 Å². The maximum Gasteiger partial charge on any atom is 0.314 e. The molecule has 0 fully saturated rings.